The lowest BCUT2D eigenvalue weighted by Gasteiger charge is -2.38. The van der Waals surface area contributed by atoms with Crippen LogP contribution in [-0.4, -0.2) is 56.1 Å². The number of anilines is 2. The number of hydrogen-bond acceptors (Lipinski definition) is 5. The first-order valence-electron chi connectivity index (χ1n) is 11.5. The van der Waals surface area contributed by atoms with Crippen LogP contribution in [0.25, 0.3) is 0 Å². The van der Waals surface area contributed by atoms with Crippen LogP contribution in [0.2, 0.25) is 5.02 Å². The lowest BCUT2D eigenvalue weighted by molar-refractivity contribution is -0.118. The highest BCUT2D eigenvalue weighted by atomic mass is 35.5. The molecule has 1 saturated heterocycles. The summed E-state index contributed by atoms with van der Waals surface area (Å²) in [4.78, 5) is 24.9. The third-order valence-corrected chi connectivity index (χ3v) is 6.55. The number of ether oxygens (including phenoxy) is 1. The number of piperazine rings is 1. The van der Waals surface area contributed by atoms with Crippen LogP contribution in [0.4, 0.5) is 11.4 Å². The first-order valence-corrected chi connectivity index (χ1v) is 11.9. The molecule has 34 heavy (non-hydrogen) atoms. The first-order chi connectivity index (χ1) is 16.6. The van der Waals surface area contributed by atoms with E-state index >= 15 is 0 Å². The Bertz CT molecular complexity index is 1190. The normalized spacial score (nSPS) is 18.3. The fraction of sp³-hybridized carbons (Fsp3) is 0.259. The number of halogens is 1. The van der Waals surface area contributed by atoms with Crippen molar-refractivity contribution in [3.05, 3.63) is 89.4 Å². The van der Waals surface area contributed by atoms with E-state index in [-0.39, 0.29) is 5.91 Å². The molecular formula is C27H27ClN4O2. The van der Waals surface area contributed by atoms with Crippen molar-refractivity contribution in [3.63, 3.8) is 0 Å². The number of hydrogen-bond donors (Lipinski definition) is 0. The quantitative estimate of drug-likeness (QED) is 0.547. The van der Waals surface area contributed by atoms with Crippen LogP contribution in [0.3, 0.4) is 0 Å². The number of amides is 1. The fourth-order valence-electron chi connectivity index (χ4n) is 4.57. The summed E-state index contributed by atoms with van der Waals surface area (Å²) < 4.78 is 5.59. The summed E-state index contributed by atoms with van der Waals surface area (Å²) in [6.07, 6.45) is 0.567. The van der Waals surface area contributed by atoms with Crippen molar-refractivity contribution >= 4 is 34.8 Å². The molecule has 174 valence electrons. The Morgan fingerprint density at radius 2 is 1.62 bits per heavy atom. The standard InChI is InChI=1S/C27H27ClN4O2/c1-34-25-13-6-5-12-24(25)32-26(33)23(18-20-8-3-2-4-9-20)29-27(32)31-16-14-30(15-17-31)22-11-7-10-21(28)19-22/h2-13,19,23H,14-18H2,1H3. The number of para-hydroxylation sites is 2. The van der Waals surface area contributed by atoms with E-state index in [0.29, 0.717) is 18.1 Å². The van der Waals surface area contributed by atoms with Crippen LogP contribution in [0, 0.1) is 0 Å². The van der Waals surface area contributed by atoms with Gasteiger partial charge >= 0.3 is 0 Å². The van der Waals surface area contributed by atoms with Gasteiger partial charge in [-0.05, 0) is 35.9 Å². The van der Waals surface area contributed by atoms with E-state index < -0.39 is 6.04 Å². The zero-order valence-electron chi connectivity index (χ0n) is 19.1. The Labute approximate surface area is 205 Å². The van der Waals surface area contributed by atoms with Gasteiger partial charge in [0.25, 0.3) is 5.91 Å². The molecular weight excluding hydrogens is 448 g/mol. The van der Waals surface area contributed by atoms with E-state index in [1.807, 2.05) is 72.8 Å². The molecule has 0 N–H and O–H groups in total. The molecule has 0 saturated carbocycles. The van der Waals surface area contributed by atoms with Gasteiger partial charge in [0.2, 0.25) is 5.96 Å². The Kier molecular flexibility index (Phi) is 6.41. The van der Waals surface area contributed by atoms with E-state index in [1.54, 1.807) is 12.0 Å². The van der Waals surface area contributed by atoms with Crippen LogP contribution in [0.5, 0.6) is 5.75 Å². The van der Waals surface area contributed by atoms with Crippen LogP contribution in [-0.2, 0) is 11.2 Å². The van der Waals surface area contributed by atoms with E-state index in [9.17, 15) is 4.79 Å². The first kappa shape index (κ1) is 22.3. The summed E-state index contributed by atoms with van der Waals surface area (Å²) >= 11 is 6.20. The second-order valence-corrected chi connectivity index (χ2v) is 8.87. The smallest absolute Gasteiger partial charge is 0.259 e. The van der Waals surface area contributed by atoms with E-state index in [4.69, 9.17) is 21.3 Å². The Morgan fingerprint density at radius 1 is 0.912 bits per heavy atom. The minimum atomic E-state index is -0.465. The van der Waals surface area contributed by atoms with Crippen LogP contribution >= 0.6 is 11.6 Å². The zero-order chi connectivity index (χ0) is 23.5. The molecule has 0 spiro atoms. The molecule has 3 aromatic rings. The Balaban J connectivity index is 1.42. The van der Waals surface area contributed by atoms with E-state index in [0.717, 1.165) is 48.1 Å². The molecule has 0 radical (unpaired) electrons. The van der Waals surface area contributed by atoms with Gasteiger partial charge in [0.1, 0.15) is 11.8 Å². The highest BCUT2D eigenvalue weighted by molar-refractivity contribution is 6.30. The lowest BCUT2D eigenvalue weighted by Crippen LogP contribution is -2.53. The summed E-state index contributed by atoms with van der Waals surface area (Å²) in [6.45, 7) is 3.14. The SMILES string of the molecule is COc1ccccc1N1C(=O)C(Cc2ccccc2)N=C1N1CCN(c2cccc(Cl)c2)CC1. The third-order valence-electron chi connectivity index (χ3n) is 6.31. The van der Waals surface area contributed by atoms with Gasteiger partial charge in [0, 0.05) is 43.3 Å². The zero-order valence-corrected chi connectivity index (χ0v) is 19.9. The molecule has 7 heteroatoms. The van der Waals surface area contributed by atoms with Gasteiger partial charge in [-0.15, -0.1) is 0 Å². The molecule has 1 amide bonds. The summed E-state index contributed by atoms with van der Waals surface area (Å²) in [6, 6.07) is 25.1. The summed E-state index contributed by atoms with van der Waals surface area (Å²) in [5, 5.41) is 0.733. The number of carbonyl (C=O) groups excluding carboxylic acids is 1. The van der Waals surface area contributed by atoms with Crippen molar-refractivity contribution in [2.45, 2.75) is 12.5 Å². The topological polar surface area (TPSA) is 48.4 Å². The number of carbonyl (C=O) groups is 1. The number of benzene rings is 3. The van der Waals surface area contributed by atoms with Crippen molar-refractivity contribution in [2.24, 2.45) is 4.99 Å². The average Bonchev–Trinajstić information content (AvgIpc) is 3.20. The molecule has 0 bridgehead atoms. The summed E-state index contributed by atoms with van der Waals surface area (Å²) in [5.41, 5.74) is 2.93. The fourth-order valence-corrected chi connectivity index (χ4v) is 4.76. The van der Waals surface area contributed by atoms with Gasteiger partial charge in [0.05, 0.1) is 12.8 Å². The van der Waals surface area contributed by atoms with Crippen molar-refractivity contribution < 1.29 is 9.53 Å². The average molecular weight is 475 g/mol. The second-order valence-electron chi connectivity index (χ2n) is 8.43. The van der Waals surface area contributed by atoms with Crippen molar-refractivity contribution in [3.8, 4) is 5.75 Å². The summed E-state index contributed by atoms with van der Waals surface area (Å²) in [7, 11) is 1.63. The van der Waals surface area contributed by atoms with Crippen molar-refractivity contribution in [1.82, 2.24) is 4.90 Å². The highest BCUT2D eigenvalue weighted by Gasteiger charge is 2.40. The van der Waals surface area contributed by atoms with Crippen molar-refractivity contribution in [2.75, 3.05) is 43.1 Å². The molecule has 1 fully saturated rings. The molecule has 5 rings (SSSR count). The minimum Gasteiger partial charge on any atom is -0.495 e. The maximum Gasteiger partial charge on any atom is 0.259 e. The number of nitrogens with zero attached hydrogens (tertiary/aromatic N) is 4. The van der Waals surface area contributed by atoms with Gasteiger partial charge in [-0.3, -0.25) is 4.79 Å². The predicted octanol–water partition coefficient (Wildman–Crippen LogP) is 4.48. The number of aliphatic imine (C=N–C) groups is 1. The molecule has 2 aliphatic heterocycles. The van der Waals surface area contributed by atoms with Crippen LogP contribution < -0.4 is 14.5 Å². The molecule has 6 nitrogen and oxygen atoms in total. The molecule has 0 aliphatic carbocycles. The molecule has 2 heterocycles. The number of guanidine groups is 1. The number of rotatable bonds is 5. The van der Waals surface area contributed by atoms with Gasteiger partial charge in [-0.1, -0.05) is 60.1 Å². The predicted molar refractivity (Wildman–Crippen MR) is 137 cm³/mol. The minimum absolute atomic E-state index is 0.0272. The molecule has 1 unspecified atom stereocenters. The highest BCUT2D eigenvalue weighted by Crippen LogP contribution is 2.33. The van der Waals surface area contributed by atoms with E-state index in [1.165, 1.54) is 0 Å². The maximum absolute atomic E-state index is 13.7. The van der Waals surface area contributed by atoms with Gasteiger partial charge in [0.15, 0.2) is 0 Å². The van der Waals surface area contributed by atoms with Gasteiger partial charge < -0.3 is 14.5 Å². The van der Waals surface area contributed by atoms with E-state index in [2.05, 4.69) is 15.9 Å². The van der Waals surface area contributed by atoms with Gasteiger partial charge in [-0.2, -0.15) is 0 Å². The third kappa shape index (κ3) is 4.46. The van der Waals surface area contributed by atoms with Crippen LogP contribution in [0.15, 0.2) is 83.9 Å². The monoisotopic (exact) mass is 474 g/mol. The molecule has 1 atom stereocenters. The lowest BCUT2D eigenvalue weighted by atomic mass is 10.1. The van der Waals surface area contributed by atoms with Crippen molar-refractivity contribution in [1.29, 1.82) is 0 Å². The summed E-state index contributed by atoms with van der Waals surface area (Å²) in [5.74, 6) is 1.32. The maximum atomic E-state index is 13.7. The molecule has 0 aromatic heterocycles. The van der Waals surface area contributed by atoms with Gasteiger partial charge in [-0.25, -0.2) is 9.89 Å². The largest absolute Gasteiger partial charge is 0.495 e. The number of methoxy groups -OCH3 is 1. The van der Waals surface area contributed by atoms with Crippen LogP contribution in [0.1, 0.15) is 5.56 Å². The Hall–Kier alpha value is -3.51. The molecule has 2 aliphatic rings. The Morgan fingerprint density at radius 3 is 2.35 bits per heavy atom. The second kappa shape index (κ2) is 9.77. The molecule has 3 aromatic carbocycles.